The summed E-state index contributed by atoms with van der Waals surface area (Å²) < 4.78 is 56.6. The van der Waals surface area contributed by atoms with Gasteiger partial charge in [0.25, 0.3) is 0 Å². The summed E-state index contributed by atoms with van der Waals surface area (Å²) in [5.41, 5.74) is -0.988. The molecule has 2 atom stereocenters. The van der Waals surface area contributed by atoms with E-state index in [0.29, 0.717) is 12.7 Å². The Morgan fingerprint density at radius 2 is 2.05 bits per heavy atom. The van der Waals surface area contributed by atoms with Gasteiger partial charge in [0.05, 0.1) is 11.7 Å². The average molecular weight is 291 g/mol. The predicted molar refractivity (Wildman–Crippen MR) is 66.7 cm³/mol. The summed E-state index contributed by atoms with van der Waals surface area (Å²) in [5, 5.41) is 3.17. The van der Waals surface area contributed by atoms with Crippen molar-refractivity contribution in [1.82, 2.24) is 5.32 Å². The van der Waals surface area contributed by atoms with Gasteiger partial charge in [-0.15, -0.1) is 0 Å². The van der Waals surface area contributed by atoms with Gasteiger partial charge in [0.2, 0.25) is 0 Å². The number of ether oxygens (including phenoxy) is 1. The average Bonchev–Trinajstić information content (AvgIpc) is 2.66. The highest BCUT2D eigenvalue weighted by molar-refractivity contribution is 5.27. The Labute approximate surface area is 115 Å². The van der Waals surface area contributed by atoms with E-state index in [2.05, 4.69) is 5.32 Å². The van der Waals surface area contributed by atoms with Gasteiger partial charge in [-0.05, 0) is 44.0 Å². The third kappa shape index (κ3) is 3.30. The fraction of sp³-hybridized carbons (Fsp3) is 0.571. The van der Waals surface area contributed by atoms with Gasteiger partial charge in [0, 0.05) is 18.7 Å². The Balaban J connectivity index is 2.12. The van der Waals surface area contributed by atoms with Crippen LogP contribution in [-0.2, 0) is 17.5 Å². The number of alkyl halides is 3. The summed E-state index contributed by atoms with van der Waals surface area (Å²) in [7, 11) is 0. The molecule has 0 saturated carbocycles. The molecule has 2 unspecified atom stereocenters. The largest absolute Gasteiger partial charge is 0.416 e. The first-order chi connectivity index (χ1) is 9.21. The molecule has 0 amide bonds. The van der Waals surface area contributed by atoms with Crippen LogP contribution < -0.4 is 5.32 Å². The second-order valence-electron chi connectivity index (χ2n) is 5.38. The molecule has 1 aromatic rings. The van der Waals surface area contributed by atoms with Crippen molar-refractivity contribution >= 4 is 0 Å². The lowest BCUT2D eigenvalue weighted by Crippen LogP contribution is -2.47. The van der Waals surface area contributed by atoms with Gasteiger partial charge in [0.1, 0.15) is 5.82 Å². The van der Waals surface area contributed by atoms with Crippen LogP contribution in [-0.4, -0.2) is 18.2 Å². The van der Waals surface area contributed by atoms with Crippen molar-refractivity contribution in [3.8, 4) is 0 Å². The van der Waals surface area contributed by atoms with Gasteiger partial charge in [-0.1, -0.05) is 0 Å². The van der Waals surface area contributed by atoms with E-state index in [1.54, 1.807) is 0 Å². The molecular weight excluding hydrogens is 274 g/mol. The Bertz CT molecular complexity index is 489. The lowest BCUT2D eigenvalue weighted by molar-refractivity contribution is -0.137. The summed E-state index contributed by atoms with van der Waals surface area (Å²) in [5.74, 6) is -0.877. The molecule has 1 saturated heterocycles. The standard InChI is InChI=1S/C14H17F4NO/c1-9-13(2,3-4-20-9)19-8-10-5-11(14(16,17)18)7-12(15)6-10/h5-7,9,19H,3-4,8H2,1-2H3. The smallest absolute Gasteiger partial charge is 0.377 e. The van der Waals surface area contributed by atoms with Crippen LogP contribution in [0.25, 0.3) is 0 Å². The molecule has 1 aromatic carbocycles. The molecule has 0 radical (unpaired) electrons. The number of benzene rings is 1. The molecule has 1 N–H and O–H groups in total. The molecule has 2 nitrogen and oxygen atoms in total. The summed E-state index contributed by atoms with van der Waals surface area (Å²) in [4.78, 5) is 0. The van der Waals surface area contributed by atoms with Gasteiger partial charge in [0.15, 0.2) is 0 Å². The van der Waals surface area contributed by atoms with E-state index in [9.17, 15) is 17.6 Å². The summed E-state index contributed by atoms with van der Waals surface area (Å²) >= 11 is 0. The van der Waals surface area contributed by atoms with Crippen LogP contribution in [0.5, 0.6) is 0 Å². The maximum absolute atomic E-state index is 13.3. The zero-order valence-corrected chi connectivity index (χ0v) is 11.4. The Hall–Kier alpha value is -1.14. The van der Waals surface area contributed by atoms with E-state index >= 15 is 0 Å². The molecule has 6 heteroatoms. The first kappa shape index (κ1) is 15.3. The molecule has 0 aromatic heterocycles. The molecule has 20 heavy (non-hydrogen) atoms. The summed E-state index contributed by atoms with van der Waals surface area (Å²) in [6, 6.07) is 2.60. The first-order valence-corrected chi connectivity index (χ1v) is 6.44. The zero-order chi connectivity index (χ0) is 15.0. The van der Waals surface area contributed by atoms with Gasteiger partial charge < -0.3 is 10.1 Å². The van der Waals surface area contributed by atoms with Crippen molar-refractivity contribution in [3.05, 3.63) is 35.1 Å². The molecule has 0 aliphatic carbocycles. The zero-order valence-electron chi connectivity index (χ0n) is 11.4. The highest BCUT2D eigenvalue weighted by Gasteiger charge is 2.36. The first-order valence-electron chi connectivity index (χ1n) is 6.44. The molecule has 1 aliphatic heterocycles. The van der Waals surface area contributed by atoms with Crippen LogP contribution in [0, 0.1) is 5.82 Å². The maximum atomic E-state index is 13.3. The minimum atomic E-state index is -4.54. The van der Waals surface area contributed by atoms with Crippen molar-refractivity contribution < 1.29 is 22.3 Å². The molecule has 112 valence electrons. The molecular formula is C14H17F4NO. The van der Waals surface area contributed by atoms with Gasteiger partial charge in [-0.2, -0.15) is 13.2 Å². The molecule has 1 aliphatic rings. The van der Waals surface area contributed by atoms with Crippen molar-refractivity contribution in [2.24, 2.45) is 0 Å². The molecule has 2 rings (SSSR count). The van der Waals surface area contributed by atoms with Crippen molar-refractivity contribution in [1.29, 1.82) is 0 Å². The van der Waals surface area contributed by atoms with Crippen LogP contribution in [0.3, 0.4) is 0 Å². The van der Waals surface area contributed by atoms with Crippen molar-refractivity contribution in [3.63, 3.8) is 0 Å². The highest BCUT2D eigenvalue weighted by Crippen LogP contribution is 2.31. The fourth-order valence-corrected chi connectivity index (χ4v) is 2.29. The lowest BCUT2D eigenvalue weighted by atomic mass is 9.94. The van der Waals surface area contributed by atoms with Crippen LogP contribution in [0.2, 0.25) is 0 Å². The minimum absolute atomic E-state index is 0.0295. The molecule has 0 spiro atoms. The molecule has 0 bridgehead atoms. The second-order valence-corrected chi connectivity index (χ2v) is 5.38. The Morgan fingerprint density at radius 3 is 2.60 bits per heavy atom. The van der Waals surface area contributed by atoms with E-state index in [4.69, 9.17) is 4.74 Å². The topological polar surface area (TPSA) is 21.3 Å². The number of halogens is 4. The minimum Gasteiger partial charge on any atom is -0.377 e. The second kappa shape index (κ2) is 5.33. The van der Waals surface area contributed by atoms with Gasteiger partial charge in [-0.3, -0.25) is 0 Å². The summed E-state index contributed by atoms with van der Waals surface area (Å²) in [6.45, 7) is 4.65. The van der Waals surface area contributed by atoms with Crippen molar-refractivity contribution in [2.45, 2.75) is 44.6 Å². The SMILES string of the molecule is CC1OCCC1(C)NCc1cc(F)cc(C(F)(F)F)c1. The number of rotatable bonds is 3. The third-order valence-electron chi connectivity index (χ3n) is 3.87. The summed E-state index contributed by atoms with van der Waals surface area (Å²) in [6.07, 6.45) is -3.79. The van der Waals surface area contributed by atoms with Crippen LogP contribution in [0.1, 0.15) is 31.4 Å². The Morgan fingerprint density at radius 1 is 1.35 bits per heavy atom. The van der Waals surface area contributed by atoms with Gasteiger partial charge >= 0.3 is 6.18 Å². The Kier molecular flexibility index (Phi) is 4.07. The van der Waals surface area contributed by atoms with Crippen LogP contribution in [0.4, 0.5) is 17.6 Å². The third-order valence-corrected chi connectivity index (χ3v) is 3.87. The molecule has 1 heterocycles. The van der Waals surface area contributed by atoms with E-state index in [1.807, 2.05) is 13.8 Å². The maximum Gasteiger partial charge on any atom is 0.416 e. The predicted octanol–water partition coefficient (Wildman–Crippen LogP) is 3.50. The number of hydrogen-bond donors (Lipinski definition) is 1. The van der Waals surface area contributed by atoms with E-state index in [-0.39, 0.29) is 23.8 Å². The monoisotopic (exact) mass is 291 g/mol. The van der Waals surface area contributed by atoms with E-state index in [0.717, 1.165) is 18.6 Å². The van der Waals surface area contributed by atoms with Crippen molar-refractivity contribution in [2.75, 3.05) is 6.61 Å². The van der Waals surface area contributed by atoms with Gasteiger partial charge in [-0.25, -0.2) is 4.39 Å². The molecule has 1 fully saturated rings. The van der Waals surface area contributed by atoms with E-state index < -0.39 is 17.6 Å². The quantitative estimate of drug-likeness (QED) is 0.861. The highest BCUT2D eigenvalue weighted by atomic mass is 19.4. The van der Waals surface area contributed by atoms with Crippen LogP contribution >= 0.6 is 0 Å². The lowest BCUT2D eigenvalue weighted by Gasteiger charge is -2.29. The van der Waals surface area contributed by atoms with Crippen LogP contribution in [0.15, 0.2) is 18.2 Å². The van der Waals surface area contributed by atoms with E-state index in [1.165, 1.54) is 0 Å². The number of nitrogens with one attached hydrogen (secondary N) is 1. The number of hydrogen-bond acceptors (Lipinski definition) is 2. The fourth-order valence-electron chi connectivity index (χ4n) is 2.29. The normalized spacial score (nSPS) is 27.0.